The molecule has 0 atom stereocenters. The molecule has 0 spiro atoms. The molecule has 0 saturated carbocycles. The molecule has 0 aliphatic rings. The van der Waals surface area contributed by atoms with Gasteiger partial charge in [0.1, 0.15) is 4.47 Å². The maximum atomic E-state index is 12.1. The van der Waals surface area contributed by atoms with E-state index >= 15 is 0 Å². The quantitative estimate of drug-likeness (QED) is 0.663. The molecule has 1 aromatic carbocycles. The zero-order valence-electron chi connectivity index (χ0n) is 10.3. The fourth-order valence-corrected chi connectivity index (χ4v) is 1.98. The minimum atomic E-state index is -0.584. The molecule has 7 nitrogen and oxygen atoms in total. The van der Waals surface area contributed by atoms with Crippen molar-refractivity contribution in [2.45, 2.75) is 0 Å². The zero-order chi connectivity index (χ0) is 14.6. The highest BCUT2D eigenvalue weighted by atomic mass is 79.9. The normalized spacial score (nSPS) is 9.84. The first-order chi connectivity index (χ1) is 8.88. The second-order valence-corrected chi connectivity index (χ2v) is 4.52. The summed E-state index contributed by atoms with van der Waals surface area (Å²) in [5.74, 6) is -0.795. The first kappa shape index (κ1) is 15.1. The van der Waals surface area contributed by atoms with Crippen molar-refractivity contribution in [3.63, 3.8) is 0 Å². The van der Waals surface area contributed by atoms with Gasteiger partial charge in [-0.25, -0.2) is 0 Å². The number of carbonyl (C=O) groups is 2. The van der Waals surface area contributed by atoms with Crippen LogP contribution in [0.5, 0.6) is 0 Å². The number of benzene rings is 1. The Kier molecular flexibility index (Phi) is 4.99. The van der Waals surface area contributed by atoms with E-state index in [0.29, 0.717) is 0 Å². The minimum absolute atomic E-state index is 0.105. The molecule has 8 heteroatoms. The molecule has 0 radical (unpaired) electrons. The van der Waals surface area contributed by atoms with E-state index in [1.165, 1.54) is 37.2 Å². The number of rotatable bonds is 4. The van der Waals surface area contributed by atoms with Crippen LogP contribution in [0.1, 0.15) is 10.4 Å². The predicted octanol–water partition coefficient (Wildman–Crippen LogP) is 1.18. The lowest BCUT2D eigenvalue weighted by molar-refractivity contribution is -0.385. The van der Waals surface area contributed by atoms with E-state index in [1.54, 1.807) is 0 Å². The molecule has 1 aromatic rings. The predicted molar refractivity (Wildman–Crippen MR) is 71.8 cm³/mol. The Morgan fingerprint density at radius 2 is 2.11 bits per heavy atom. The molecular weight excluding hydrogens is 318 g/mol. The number of halogens is 1. The van der Waals surface area contributed by atoms with Crippen LogP contribution in [0.2, 0.25) is 0 Å². The molecule has 19 heavy (non-hydrogen) atoms. The summed E-state index contributed by atoms with van der Waals surface area (Å²) in [6.45, 7) is -0.121. The van der Waals surface area contributed by atoms with E-state index in [-0.39, 0.29) is 28.2 Å². The highest BCUT2D eigenvalue weighted by molar-refractivity contribution is 9.10. The summed E-state index contributed by atoms with van der Waals surface area (Å²) >= 11 is 3.04. The molecule has 0 aliphatic heterocycles. The van der Waals surface area contributed by atoms with E-state index in [1.807, 2.05) is 0 Å². The number of nitrogens with zero attached hydrogens (tertiary/aromatic N) is 2. The van der Waals surface area contributed by atoms with E-state index in [9.17, 15) is 19.7 Å². The largest absolute Gasteiger partial charge is 0.358 e. The van der Waals surface area contributed by atoms with Gasteiger partial charge < -0.3 is 10.2 Å². The average molecular weight is 330 g/mol. The highest BCUT2D eigenvalue weighted by Gasteiger charge is 2.22. The number of likely N-dealkylation sites (N-methyl/N-ethyl adjacent to an activating group) is 2. The SMILES string of the molecule is CNC(=O)CN(C)C(=O)c1cccc([N+](=O)[O-])c1Br. The lowest BCUT2D eigenvalue weighted by Gasteiger charge is -2.16. The Morgan fingerprint density at radius 1 is 1.47 bits per heavy atom. The van der Waals surface area contributed by atoms with Crippen LogP contribution in [-0.2, 0) is 4.79 Å². The second kappa shape index (κ2) is 6.28. The summed E-state index contributed by atoms with van der Waals surface area (Å²) in [4.78, 5) is 34.7. The van der Waals surface area contributed by atoms with Crippen molar-refractivity contribution < 1.29 is 14.5 Å². The smallest absolute Gasteiger partial charge is 0.284 e. The monoisotopic (exact) mass is 329 g/mol. The third-order valence-corrected chi connectivity index (χ3v) is 3.25. The molecule has 0 aromatic heterocycles. The van der Waals surface area contributed by atoms with Crippen molar-refractivity contribution >= 4 is 33.4 Å². The first-order valence-corrected chi connectivity index (χ1v) is 6.06. The van der Waals surface area contributed by atoms with Gasteiger partial charge in [-0.3, -0.25) is 19.7 Å². The van der Waals surface area contributed by atoms with Crippen LogP contribution in [0.3, 0.4) is 0 Å². The maximum Gasteiger partial charge on any atom is 0.284 e. The molecule has 102 valence electrons. The average Bonchev–Trinajstić information content (AvgIpc) is 2.37. The van der Waals surface area contributed by atoms with E-state index in [2.05, 4.69) is 21.2 Å². The number of hydrogen-bond acceptors (Lipinski definition) is 4. The van der Waals surface area contributed by atoms with E-state index in [0.717, 1.165) is 0 Å². The van der Waals surface area contributed by atoms with Crippen LogP contribution in [0, 0.1) is 10.1 Å². The van der Waals surface area contributed by atoms with Crippen molar-refractivity contribution in [1.82, 2.24) is 10.2 Å². The van der Waals surface area contributed by atoms with Crippen LogP contribution >= 0.6 is 15.9 Å². The Bertz CT molecular complexity index is 533. The standard InChI is InChI=1S/C11H12BrN3O4/c1-13-9(16)6-14(2)11(17)7-4-3-5-8(10(7)12)15(18)19/h3-5H,6H2,1-2H3,(H,13,16). The Balaban J connectivity index is 3.03. The number of carbonyl (C=O) groups excluding carboxylic acids is 2. The van der Waals surface area contributed by atoms with Crippen molar-refractivity contribution in [1.29, 1.82) is 0 Å². The van der Waals surface area contributed by atoms with E-state index in [4.69, 9.17) is 0 Å². The first-order valence-electron chi connectivity index (χ1n) is 5.27. The van der Waals surface area contributed by atoms with Crippen molar-refractivity contribution in [2.24, 2.45) is 0 Å². The van der Waals surface area contributed by atoms with Crippen LogP contribution in [0.25, 0.3) is 0 Å². The van der Waals surface area contributed by atoms with Gasteiger partial charge in [-0.15, -0.1) is 0 Å². The van der Waals surface area contributed by atoms with Crippen LogP contribution in [0.4, 0.5) is 5.69 Å². The third kappa shape index (κ3) is 3.50. The molecule has 1 N–H and O–H groups in total. The highest BCUT2D eigenvalue weighted by Crippen LogP contribution is 2.28. The molecule has 1 rings (SSSR count). The van der Waals surface area contributed by atoms with Gasteiger partial charge in [-0.05, 0) is 22.0 Å². The topological polar surface area (TPSA) is 92.6 Å². The molecule has 2 amide bonds. The number of nitrogens with one attached hydrogen (secondary N) is 1. The Hall–Kier alpha value is -1.96. The number of amides is 2. The minimum Gasteiger partial charge on any atom is -0.358 e. The summed E-state index contributed by atoms with van der Waals surface area (Å²) in [6, 6.07) is 4.17. The molecule has 0 unspecified atom stereocenters. The molecule has 0 aliphatic carbocycles. The van der Waals surface area contributed by atoms with E-state index < -0.39 is 10.8 Å². The van der Waals surface area contributed by atoms with Gasteiger partial charge in [0, 0.05) is 20.2 Å². The molecule has 0 heterocycles. The molecular formula is C11H12BrN3O4. The fourth-order valence-electron chi connectivity index (χ4n) is 1.40. The van der Waals surface area contributed by atoms with Gasteiger partial charge in [0.25, 0.3) is 11.6 Å². The number of nitro benzene ring substituents is 1. The Labute approximate surface area is 117 Å². The van der Waals surface area contributed by atoms with Crippen molar-refractivity contribution in [3.05, 3.63) is 38.3 Å². The summed E-state index contributed by atoms with van der Waals surface area (Å²) in [6.07, 6.45) is 0. The van der Waals surface area contributed by atoms with Gasteiger partial charge in [0.15, 0.2) is 0 Å². The van der Waals surface area contributed by atoms with Crippen LogP contribution in [0.15, 0.2) is 22.7 Å². The lowest BCUT2D eigenvalue weighted by Crippen LogP contribution is -2.37. The Morgan fingerprint density at radius 3 is 2.63 bits per heavy atom. The summed E-state index contributed by atoms with van der Waals surface area (Å²) in [5.41, 5.74) is -0.0557. The van der Waals surface area contributed by atoms with Crippen LogP contribution < -0.4 is 5.32 Å². The number of hydrogen-bond donors (Lipinski definition) is 1. The second-order valence-electron chi connectivity index (χ2n) is 3.73. The molecule has 0 saturated heterocycles. The molecule has 0 bridgehead atoms. The summed E-state index contributed by atoms with van der Waals surface area (Å²) in [7, 11) is 2.91. The van der Waals surface area contributed by atoms with Gasteiger partial charge >= 0.3 is 0 Å². The summed E-state index contributed by atoms with van der Waals surface area (Å²) < 4.78 is 0.105. The summed E-state index contributed by atoms with van der Waals surface area (Å²) in [5, 5.41) is 13.2. The van der Waals surface area contributed by atoms with Gasteiger partial charge in [0.2, 0.25) is 5.91 Å². The molecule has 0 fully saturated rings. The zero-order valence-corrected chi connectivity index (χ0v) is 11.9. The third-order valence-electron chi connectivity index (χ3n) is 2.41. The van der Waals surface area contributed by atoms with Gasteiger partial charge in [-0.1, -0.05) is 6.07 Å². The number of nitro groups is 1. The maximum absolute atomic E-state index is 12.1. The van der Waals surface area contributed by atoms with Gasteiger partial charge in [-0.2, -0.15) is 0 Å². The van der Waals surface area contributed by atoms with Crippen LogP contribution in [-0.4, -0.2) is 42.3 Å². The van der Waals surface area contributed by atoms with Gasteiger partial charge in [0.05, 0.1) is 17.0 Å². The lowest BCUT2D eigenvalue weighted by atomic mass is 10.2. The van der Waals surface area contributed by atoms with Crippen molar-refractivity contribution in [2.75, 3.05) is 20.6 Å². The fraction of sp³-hybridized carbons (Fsp3) is 0.273. The van der Waals surface area contributed by atoms with Crippen molar-refractivity contribution in [3.8, 4) is 0 Å².